The van der Waals surface area contributed by atoms with Gasteiger partial charge in [0.05, 0.1) is 17.9 Å². The van der Waals surface area contributed by atoms with Crippen LogP contribution in [0.15, 0.2) is 12.2 Å². The second kappa shape index (κ2) is 3.62. The number of hydrogen-bond donors (Lipinski definition) is 1. The van der Waals surface area contributed by atoms with Crippen LogP contribution in [0, 0.1) is 29.1 Å². The molecule has 1 aliphatic rings. The standard InChI is InChI=1S/C9H11F3N2/c1-5-7(14)3-2-6(4-13)8(5)9(10,11)12/h2-3,5-8H,14H2,1H3/t5?,6-,7-,8?/m0/s1. The van der Waals surface area contributed by atoms with Gasteiger partial charge >= 0.3 is 6.18 Å². The van der Waals surface area contributed by atoms with Crippen LogP contribution in [0.4, 0.5) is 13.2 Å². The molecule has 1 rings (SSSR count). The maximum Gasteiger partial charge on any atom is 0.393 e. The van der Waals surface area contributed by atoms with Gasteiger partial charge in [0.2, 0.25) is 0 Å². The Hall–Kier alpha value is -1.02. The molecular formula is C9H11F3N2. The lowest BCUT2D eigenvalue weighted by Crippen LogP contribution is -2.44. The largest absolute Gasteiger partial charge is 0.393 e. The van der Waals surface area contributed by atoms with E-state index >= 15 is 0 Å². The molecule has 0 aliphatic heterocycles. The number of nitrogens with zero attached hydrogens (tertiary/aromatic N) is 1. The van der Waals surface area contributed by atoms with Crippen LogP contribution >= 0.6 is 0 Å². The number of allylic oxidation sites excluding steroid dienone is 1. The molecule has 1 aliphatic carbocycles. The van der Waals surface area contributed by atoms with E-state index in [2.05, 4.69) is 0 Å². The monoisotopic (exact) mass is 204 g/mol. The summed E-state index contributed by atoms with van der Waals surface area (Å²) in [7, 11) is 0. The molecule has 0 saturated heterocycles. The summed E-state index contributed by atoms with van der Waals surface area (Å²) >= 11 is 0. The van der Waals surface area contributed by atoms with Gasteiger partial charge in [0.1, 0.15) is 0 Å². The summed E-state index contributed by atoms with van der Waals surface area (Å²) in [6.45, 7) is 1.43. The van der Waals surface area contributed by atoms with E-state index in [-0.39, 0.29) is 0 Å². The van der Waals surface area contributed by atoms with E-state index < -0.39 is 30.0 Å². The van der Waals surface area contributed by atoms with Crippen molar-refractivity contribution in [3.63, 3.8) is 0 Å². The van der Waals surface area contributed by atoms with E-state index in [0.717, 1.165) is 0 Å². The van der Waals surface area contributed by atoms with Gasteiger partial charge in [-0.2, -0.15) is 18.4 Å². The Bertz CT molecular complexity index is 277. The summed E-state index contributed by atoms with van der Waals surface area (Å²) in [6.07, 6.45) is -1.63. The van der Waals surface area contributed by atoms with Crippen LogP contribution in [-0.4, -0.2) is 12.2 Å². The first-order valence-corrected chi connectivity index (χ1v) is 4.28. The fraction of sp³-hybridized carbons (Fsp3) is 0.667. The lowest BCUT2D eigenvalue weighted by molar-refractivity contribution is -0.195. The van der Waals surface area contributed by atoms with Gasteiger partial charge in [0.15, 0.2) is 0 Å². The van der Waals surface area contributed by atoms with Crippen LogP contribution in [0.2, 0.25) is 0 Å². The normalized spacial score (nSPS) is 38.0. The molecule has 0 spiro atoms. The zero-order valence-corrected chi connectivity index (χ0v) is 7.62. The van der Waals surface area contributed by atoms with Crippen LogP contribution in [0.1, 0.15) is 6.92 Å². The number of halogens is 3. The van der Waals surface area contributed by atoms with Crippen molar-refractivity contribution >= 4 is 0 Å². The van der Waals surface area contributed by atoms with Crippen molar-refractivity contribution in [2.75, 3.05) is 0 Å². The topological polar surface area (TPSA) is 49.8 Å². The SMILES string of the molecule is CC1C(C(F)(F)F)[C@H](C#N)C=C[C@@H]1N. The molecule has 0 aromatic carbocycles. The summed E-state index contributed by atoms with van der Waals surface area (Å²) in [6, 6.07) is 1.03. The van der Waals surface area contributed by atoms with Crippen molar-refractivity contribution in [3.05, 3.63) is 12.2 Å². The van der Waals surface area contributed by atoms with Crippen LogP contribution in [0.25, 0.3) is 0 Å². The minimum absolute atomic E-state index is 0.619. The predicted molar refractivity (Wildman–Crippen MR) is 44.9 cm³/mol. The number of nitrogens with two attached hydrogens (primary N) is 1. The van der Waals surface area contributed by atoms with E-state index in [4.69, 9.17) is 11.0 Å². The number of hydrogen-bond acceptors (Lipinski definition) is 2. The van der Waals surface area contributed by atoms with Crippen molar-refractivity contribution in [3.8, 4) is 6.07 Å². The first-order valence-electron chi connectivity index (χ1n) is 4.28. The maximum absolute atomic E-state index is 12.6. The van der Waals surface area contributed by atoms with Gasteiger partial charge in [-0.1, -0.05) is 19.1 Å². The van der Waals surface area contributed by atoms with Crippen molar-refractivity contribution in [2.45, 2.75) is 19.1 Å². The Morgan fingerprint density at radius 3 is 2.36 bits per heavy atom. The number of nitriles is 1. The highest BCUT2D eigenvalue weighted by molar-refractivity contribution is 5.14. The molecule has 0 heterocycles. The Morgan fingerprint density at radius 2 is 1.93 bits per heavy atom. The van der Waals surface area contributed by atoms with E-state index in [0.29, 0.717) is 0 Å². The molecule has 0 aromatic heterocycles. The molecule has 4 atom stereocenters. The molecule has 2 nitrogen and oxygen atoms in total. The fourth-order valence-corrected chi connectivity index (χ4v) is 1.73. The molecule has 0 radical (unpaired) electrons. The molecule has 2 N–H and O–H groups in total. The fourth-order valence-electron chi connectivity index (χ4n) is 1.73. The Morgan fingerprint density at radius 1 is 1.36 bits per heavy atom. The zero-order valence-electron chi connectivity index (χ0n) is 7.62. The predicted octanol–water partition coefficient (Wildman–Crippen LogP) is 1.84. The minimum atomic E-state index is -4.36. The van der Waals surface area contributed by atoms with E-state index in [1.54, 1.807) is 6.07 Å². The molecule has 0 bridgehead atoms. The first-order chi connectivity index (χ1) is 6.38. The summed E-state index contributed by atoms with van der Waals surface area (Å²) in [5.74, 6) is -3.50. The quantitative estimate of drug-likeness (QED) is 0.612. The lowest BCUT2D eigenvalue weighted by Gasteiger charge is -2.34. The van der Waals surface area contributed by atoms with Crippen LogP contribution < -0.4 is 5.73 Å². The summed E-state index contributed by atoms with van der Waals surface area (Å²) in [5.41, 5.74) is 5.49. The molecule has 0 saturated carbocycles. The van der Waals surface area contributed by atoms with Gasteiger partial charge < -0.3 is 5.73 Å². The molecule has 14 heavy (non-hydrogen) atoms. The third-order valence-corrected chi connectivity index (χ3v) is 2.63. The average Bonchev–Trinajstić information content (AvgIpc) is 2.07. The van der Waals surface area contributed by atoms with Crippen molar-refractivity contribution in [1.29, 1.82) is 5.26 Å². The van der Waals surface area contributed by atoms with Gasteiger partial charge in [-0.25, -0.2) is 0 Å². The van der Waals surface area contributed by atoms with Crippen LogP contribution in [0.3, 0.4) is 0 Å². The molecule has 0 fully saturated rings. The van der Waals surface area contributed by atoms with Gasteiger partial charge in [-0.05, 0) is 5.92 Å². The second-order valence-electron chi connectivity index (χ2n) is 3.54. The average molecular weight is 204 g/mol. The third-order valence-electron chi connectivity index (χ3n) is 2.63. The summed E-state index contributed by atoms with van der Waals surface area (Å²) in [5, 5.41) is 8.59. The zero-order chi connectivity index (χ0) is 10.9. The van der Waals surface area contributed by atoms with E-state index in [1.807, 2.05) is 0 Å². The Kier molecular flexibility index (Phi) is 2.86. The highest BCUT2D eigenvalue weighted by atomic mass is 19.4. The van der Waals surface area contributed by atoms with Gasteiger partial charge in [-0.3, -0.25) is 0 Å². The lowest BCUT2D eigenvalue weighted by atomic mass is 9.75. The highest BCUT2D eigenvalue weighted by Crippen LogP contribution is 2.41. The smallest absolute Gasteiger partial charge is 0.324 e. The molecule has 0 aromatic rings. The number of rotatable bonds is 0. The summed E-state index contributed by atoms with van der Waals surface area (Å²) < 4.78 is 37.7. The highest BCUT2D eigenvalue weighted by Gasteiger charge is 2.49. The van der Waals surface area contributed by atoms with Crippen molar-refractivity contribution in [2.24, 2.45) is 23.5 Å². The van der Waals surface area contributed by atoms with Crippen molar-refractivity contribution < 1.29 is 13.2 Å². The molecule has 5 heteroatoms. The Labute approximate surface area is 80.2 Å². The molecular weight excluding hydrogens is 193 g/mol. The maximum atomic E-state index is 12.6. The van der Waals surface area contributed by atoms with Crippen LogP contribution in [-0.2, 0) is 0 Å². The Balaban J connectivity index is 3.00. The minimum Gasteiger partial charge on any atom is -0.324 e. The summed E-state index contributed by atoms with van der Waals surface area (Å²) in [4.78, 5) is 0. The number of alkyl halides is 3. The van der Waals surface area contributed by atoms with Gasteiger partial charge in [-0.15, -0.1) is 0 Å². The second-order valence-corrected chi connectivity index (χ2v) is 3.54. The first kappa shape index (κ1) is 11.1. The van der Waals surface area contributed by atoms with E-state index in [9.17, 15) is 13.2 Å². The third kappa shape index (κ3) is 1.90. The molecule has 0 amide bonds. The molecule has 2 unspecified atom stereocenters. The van der Waals surface area contributed by atoms with Gasteiger partial charge in [0.25, 0.3) is 0 Å². The molecule has 78 valence electrons. The van der Waals surface area contributed by atoms with Crippen LogP contribution in [0.5, 0.6) is 0 Å². The van der Waals surface area contributed by atoms with Crippen molar-refractivity contribution in [1.82, 2.24) is 0 Å². The van der Waals surface area contributed by atoms with Gasteiger partial charge in [0, 0.05) is 6.04 Å². The van der Waals surface area contributed by atoms with E-state index in [1.165, 1.54) is 19.1 Å².